The number of likely N-dealkylation sites (tertiary alicyclic amines) is 1. The molecule has 0 aromatic carbocycles. The summed E-state index contributed by atoms with van der Waals surface area (Å²) in [6.07, 6.45) is 5.99. The first-order valence-corrected chi connectivity index (χ1v) is 12.9. The highest BCUT2D eigenvalue weighted by atomic mass is 32.1. The van der Waals surface area contributed by atoms with Gasteiger partial charge in [0.15, 0.2) is 0 Å². The Morgan fingerprint density at radius 2 is 2.00 bits per heavy atom. The van der Waals surface area contributed by atoms with E-state index in [0.29, 0.717) is 11.6 Å². The number of carbonyl (C=O) groups excluding carboxylic acids is 1. The van der Waals surface area contributed by atoms with Gasteiger partial charge >= 0.3 is 0 Å². The van der Waals surface area contributed by atoms with Crippen molar-refractivity contribution in [2.75, 3.05) is 13.1 Å². The molecule has 0 spiro atoms. The molecule has 184 valence electrons. The van der Waals surface area contributed by atoms with Gasteiger partial charge in [0, 0.05) is 29.9 Å². The summed E-state index contributed by atoms with van der Waals surface area (Å²) in [5, 5.41) is 17.9. The van der Waals surface area contributed by atoms with Crippen LogP contribution in [0, 0.1) is 0 Å². The monoisotopic (exact) mass is 487 g/mol. The molecule has 10 heteroatoms. The predicted molar refractivity (Wildman–Crippen MR) is 133 cm³/mol. The zero-order valence-electron chi connectivity index (χ0n) is 19.9. The summed E-state index contributed by atoms with van der Waals surface area (Å²) in [5.74, 6) is 0.805. The summed E-state index contributed by atoms with van der Waals surface area (Å²) in [7, 11) is 0. The highest BCUT2D eigenvalue weighted by molar-refractivity contribution is 7.16. The molecule has 2 fully saturated rings. The third-order valence-corrected chi connectivity index (χ3v) is 7.84. The van der Waals surface area contributed by atoms with E-state index < -0.39 is 6.04 Å². The molecular weight excluding hydrogens is 454 g/mol. The lowest BCUT2D eigenvalue weighted by Gasteiger charge is -2.42. The van der Waals surface area contributed by atoms with Gasteiger partial charge in [-0.25, -0.2) is 4.68 Å². The molecule has 1 aliphatic heterocycles. The number of nitrogens with one attached hydrogen (secondary N) is 1. The number of aromatic nitrogens is 3. The molecule has 1 unspecified atom stereocenters. The number of hydrogen-bond donors (Lipinski definition) is 2. The van der Waals surface area contributed by atoms with E-state index in [1.165, 1.54) is 23.9 Å². The fourth-order valence-corrected chi connectivity index (χ4v) is 5.81. The Morgan fingerprint density at radius 3 is 2.65 bits per heavy atom. The highest BCUT2D eigenvalue weighted by Crippen LogP contribution is 2.28. The van der Waals surface area contributed by atoms with Crippen LogP contribution >= 0.6 is 11.3 Å². The van der Waals surface area contributed by atoms with Gasteiger partial charge in [-0.1, -0.05) is 20.3 Å². The first-order valence-electron chi connectivity index (χ1n) is 12.0. The van der Waals surface area contributed by atoms with Gasteiger partial charge in [-0.15, -0.1) is 11.3 Å². The van der Waals surface area contributed by atoms with Gasteiger partial charge in [-0.3, -0.25) is 23.7 Å². The van der Waals surface area contributed by atoms with E-state index in [0.717, 1.165) is 42.0 Å². The van der Waals surface area contributed by atoms with Crippen LogP contribution in [-0.4, -0.2) is 61.7 Å². The molecule has 3 aromatic rings. The van der Waals surface area contributed by atoms with Crippen LogP contribution in [0.1, 0.15) is 70.7 Å². The Hall–Kier alpha value is -2.72. The molecule has 0 radical (unpaired) electrons. The quantitative estimate of drug-likeness (QED) is 0.535. The first-order chi connectivity index (χ1) is 16.3. The molecule has 1 saturated carbocycles. The minimum atomic E-state index is -0.651. The average Bonchev–Trinajstić information content (AvgIpc) is 3.35. The van der Waals surface area contributed by atoms with Crippen molar-refractivity contribution in [3.8, 4) is 0 Å². The third kappa shape index (κ3) is 4.61. The Bertz CT molecular complexity index is 1230. The first kappa shape index (κ1) is 24.4. The van der Waals surface area contributed by atoms with Gasteiger partial charge in [0.1, 0.15) is 22.2 Å². The molecule has 1 saturated heterocycles. The van der Waals surface area contributed by atoms with E-state index in [9.17, 15) is 9.59 Å². The molecule has 3 aromatic heterocycles. The van der Waals surface area contributed by atoms with Crippen LogP contribution in [0.3, 0.4) is 0 Å². The van der Waals surface area contributed by atoms with E-state index in [2.05, 4.69) is 29.2 Å². The van der Waals surface area contributed by atoms with Crippen molar-refractivity contribution in [2.45, 2.75) is 76.9 Å². The standard InChI is InChI=1S/C23H31N5O2S.CH2O2/c1-14(2)20-25-28(22(30)19-12-16-9-11-31-23(16)27(19)20)15(3)21(29)24-17-6-5-10-26(13-17)18-7-4-8-18;2-1-3/h9,11-12,14-15,17-18H,4-8,10,13H2,1-3H3,(H,24,29);1H,(H,2,3)/t15?,17-;/m1./s1. The van der Waals surface area contributed by atoms with E-state index in [1.54, 1.807) is 18.3 Å². The van der Waals surface area contributed by atoms with E-state index in [4.69, 9.17) is 9.90 Å². The molecule has 1 amide bonds. The third-order valence-electron chi connectivity index (χ3n) is 6.93. The second kappa shape index (κ2) is 10.3. The molecule has 0 bridgehead atoms. The van der Waals surface area contributed by atoms with Crippen molar-refractivity contribution in [3.63, 3.8) is 0 Å². The number of carbonyl (C=O) groups is 2. The molecule has 4 heterocycles. The molecule has 9 nitrogen and oxygen atoms in total. The minimum Gasteiger partial charge on any atom is -0.483 e. The van der Waals surface area contributed by atoms with Crippen LogP contribution in [0.2, 0.25) is 0 Å². The van der Waals surface area contributed by atoms with Crippen LogP contribution in [0.25, 0.3) is 15.7 Å². The molecule has 2 aliphatic rings. The fraction of sp³-hybridized carbons (Fsp3) is 0.583. The molecule has 34 heavy (non-hydrogen) atoms. The fourth-order valence-electron chi connectivity index (χ4n) is 4.90. The average molecular weight is 488 g/mol. The summed E-state index contributed by atoms with van der Waals surface area (Å²) in [6.45, 7) is 7.71. The Labute approximate surface area is 202 Å². The maximum atomic E-state index is 13.3. The lowest BCUT2D eigenvalue weighted by molar-refractivity contribution is -0.125. The van der Waals surface area contributed by atoms with Crippen LogP contribution in [0.4, 0.5) is 0 Å². The van der Waals surface area contributed by atoms with Crippen molar-refractivity contribution in [3.05, 3.63) is 33.7 Å². The second-order valence-corrected chi connectivity index (χ2v) is 10.4. The second-order valence-electron chi connectivity index (χ2n) is 9.52. The Kier molecular flexibility index (Phi) is 7.37. The predicted octanol–water partition coefficient (Wildman–Crippen LogP) is 3.23. The number of fused-ring (bicyclic) bond motifs is 3. The van der Waals surface area contributed by atoms with Gasteiger partial charge < -0.3 is 10.4 Å². The van der Waals surface area contributed by atoms with E-state index in [1.807, 2.05) is 21.9 Å². The van der Waals surface area contributed by atoms with Crippen molar-refractivity contribution in [1.82, 2.24) is 24.4 Å². The van der Waals surface area contributed by atoms with Crippen molar-refractivity contribution >= 4 is 39.4 Å². The topological polar surface area (TPSA) is 109 Å². The number of carboxylic acid groups (broad SMARTS) is 1. The molecule has 1 aliphatic carbocycles. The number of hydrogen-bond acceptors (Lipinski definition) is 6. The maximum absolute atomic E-state index is 13.3. The summed E-state index contributed by atoms with van der Waals surface area (Å²) < 4.78 is 3.35. The van der Waals surface area contributed by atoms with Crippen molar-refractivity contribution in [1.29, 1.82) is 0 Å². The molecule has 2 atom stereocenters. The molecular formula is C24H33N5O4S. The zero-order valence-corrected chi connectivity index (χ0v) is 20.8. The summed E-state index contributed by atoms with van der Waals surface area (Å²) >= 11 is 1.61. The highest BCUT2D eigenvalue weighted by Gasteiger charge is 2.31. The van der Waals surface area contributed by atoms with Crippen LogP contribution in [-0.2, 0) is 9.59 Å². The van der Waals surface area contributed by atoms with Gasteiger partial charge in [-0.05, 0) is 56.7 Å². The number of thiophene rings is 1. The van der Waals surface area contributed by atoms with Gasteiger partial charge in [0.05, 0.1) is 0 Å². The van der Waals surface area contributed by atoms with Gasteiger partial charge in [0.25, 0.3) is 12.0 Å². The van der Waals surface area contributed by atoms with Gasteiger partial charge in [-0.2, -0.15) is 5.10 Å². The zero-order chi connectivity index (χ0) is 24.4. The largest absolute Gasteiger partial charge is 0.483 e. The minimum absolute atomic E-state index is 0.122. The van der Waals surface area contributed by atoms with Crippen LogP contribution in [0.5, 0.6) is 0 Å². The number of nitrogens with zero attached hydrogens (tertiary/aromatic N) is 4. The Balaban J connectivity index is 0.000000868. The summed E-state index contributed by atoms with van der Waals surface area (Å²) in [5.41, 5.74) is 0.379. The normalized spacial score (nSPS) is 20.1. The maximum Gasteiger partial charge on any atom is 0.291 e. The molecule has 2 N–H and O–H groups in total. The molecule has 5 rings (SSSR count). The number of rotatable bonds is 5. The SMILES string of the molecule is CC(C)c1nn(C(C)C(=O)N[C@@H]2CCCN(C3CCC3)C2)c(=O)c2cc3ccsc3n12.O=CO. The smallest absolute Gasteiger partial charge is 0.291 e. The van der Waals surface area contributed by atoms with E-state index in [-0.39, 0.29) is 29.9 Å². The number of piperidine rings is 1. The number of amides is 1. The Morgan fingerprint density at radius 1 is 1.26 bits per heavy atom. The van der Waals surface area contributed by atoms with E-state index >= 15 is 0 Å². The van der Waals surface area contributed by atoms with Crippen molar-refractivity contribution < 1.29 is 14.7 Å². The van der Waals surface area contributed by atoms with Gasteiger partial charge in [0.2, 0.25) is 5.91 Å². The summed E-state index contributed by atoms with van der Waals surface area (Å²) in [4.78, 5) is 38.3. The lowest BCUT2D eigenvalue weighted by atomic mass is 9.89. The van der Waals surface area contributed by atoms with Crippen LogP contribution in [0.15, 0.2) is 22.3 Å². The summed E-state index contributed by atoms with van der Waals surface area (Å²) in [6, 6.07) is 4.13. The van der Waals surface area contributed by atoms with Crippen LogP contribution < -0.4 is 10.9 Å². The van der Waals surface area contributed by atoms with Crippen molar-refractivity contribution in [2.24, 2.45) is 0 Å². The lowest BCUT2D eigenvalue weighted by Crippen LogP contribution is -2.53.